The van der Waals surface area contributed by atoms with Crippen LogP contribution in [-0.2, 0) is 15.6 Å². The van der Waals surface area contributed by atoms with Gasteiger partial charge in [0.25, 0.3) is 0 Å². The molecule has 0 unspecified atom stereocenters. The summed E-state index contributed by atoms with van der Waals surface area (Å²) in [6.07, 6.45) is 2.37. The van der Waals surface area contributed by atoms with E-state index < -0.39 is 27.2 Å². The summed E-state index contributed by atoms with van der Waals surface area (Å²) < 4.78 is 63.0. The van der Waals surface area contributed by atoms with Crippen molar-refractivity contribution in [1.82, 2.24) is 18.7 Å². The molecule has 4 aromatic rings. The number of aromatic nitrogens is 4. The molecule has 0 atom stereocenters. The van der Waals surface area contributed by atoms with Gasteiger partial charge < -0.3 is 10.1 Å². The number of anilines is 1. The number of fused-ring (bicyclic) bond motifs is 4. The Morgan fingerprint density at radius 2 is 1.85 bits per heavy atom. The van der Waals surface area contributed by atoms with Crippen molar-refractivity contribution >= 4 is 26.6 Å². The molecule has 0 amide bonds. The number of benzene rings is 2. The highest BCUT2D eigenvalue weighted by atomic mass is 32.2. The first kappa shape index (κ1) is 21.4. The minimum Gasteiger partial charge on any atom is -0.494 e. The van der Waals surface area contributed by atoms with E-state index in [1.165, 1.54) is 25.4 Å². The molecule has 1 N–H and O–H groups in total. The summed E-state index contributed by atoms with van der Waals surface area (Å²) in [5.41, 5.74) is 0.573. The second kappa shape index (κ2) is 6.77. The van der Waals surface area contributed by atoms with Crippen molar-refractivity contribution in [3.05, 3.63) is 53.7 Å². The van der Waals surface area contributed by atoms with Gasteiger partial charge >= 0.3 is 0 Å². The summed E-state index contributed by atoms with van der Waals surface area (Å²) in [5, 5.41) is 12.0. The summed E-state index contributed by atoms with van der Waals surface area (Å²) in [5.74, 6) is 0.130. The van der Waals surface area contributed by atoms with Gasteiger partial charge in [0, 0.05) is 17.1 Å². The molecule has 5 rings (SSSR count). The molecular formula is C22H21F2N5O3S. The van der Waals surface area contributed by atoms with Gasteiger partial charge in [0.15, 0.2) is 11.6 Å². The van der Waals surface area contributed by atoms with Crippen LogP contribution in [0.4, 0.5) is 14.5 Å². The molecule has 11 heteroatoms. The standard InChI is InChI=1S/C22H21F2N5O3S/c1-11-26-27-21-22(2,3)25-18-16(24)10-15(20(32-4)19(18)29(11)21)14-8-12(23)9-17-13(14)6-7-28(17)33(5,30)31/h6-10,25H,1-5H3. The Bertz CT molecular complexity index is 1570. The largest absolute Gasteiger partial charge is 0.494 e. The second-order valence-corrected chi connectivity index (χ2v) is 10.4. The van der Waals surface area contributed by atoms with Crippen molar-refractivity contribution < 1.29 is 21.9 Å². The first-order chi connectivity index (χ1) is 15.4. The molecule has 1 aliphatic heterocycles. The van der Waals surface area contributed by atoms with Crippen LogP contribution >= 0.6 is 0 Å². The van der Waals surface area contributed by atoms with E-state index in [4.69, 9.17) is 4.74 Å². The maximum Gasteiger partial charge on any atom is 0.236 e. The number of ether oxygens (including phenoxy) is 1. The molecule has 2 aromatic carbocycles. The van der Waals surface area contributed by atoms with E-state index in [0.29, 0.717) is 28.3 Å². The summed E-state index contributed by atoms with van der Waals surface area (Å²) >= 11 is 0. The smallest absolute Gasteiger partial charge is 0.236 e. The van der Waals surface area contributed by atoms with E-state index in [2.05, 4.69) is 15.5 Å². The Hall–Kier alpha value is -3.47. The first-order valence-corrected chi connectivity index (χ1v) is 11.9. The lowest BCUT2D eigenvalue weighted by molar-refractivity contribution is 0.409. The van der Waals surface area contributed by atoms with Crippen LogP contribution in [0.5, 0.6) is 5.75 Å². The molecule has 1 aliphatic rings. The van der Waals surface area contributed by atoms with Crippen molar-refractivity contribution in [1.29, 1.82) is 0 Å². The number of nitrogens with zero attached hydrogens (tertiary/aromatic N) is 4. The Balaban J connectivity index is 1.89. The van der Waals surface area contributed by atoms with Gasteiger partial charge in [0.1, 0.15) is 23.1 Å². The fourth-order valence-corrected chi connectivity index (χ4v) is 5.25. The first-order valence-electron chi connectivity index (χ1n) is 10.1. The zero-order valence-corrected chi connectivity index (χ0v) is 19.4. The number of nitrogens with one attached hydrogen (secondary N) is 1. The van der Waals surface area contributed by atoms with Crippen LogP contribution in [0, 0.1) is 18.6 Å². The number of aryl methyl sites for hydroxylation is 1. The molecule has 3 heterocycles. The van der Waals surface area contributed by atoms with Crippen molar-refractivity contribution in [2.45, 2.75) is 26.3 Å². The zero-order valence-electron chi connectivity index (χ0n) is 18.6. The minimum atomic E-state index is -3.68. The third-order valence-corrected chi connectivity index (χ3v) is 6.87. The van der Waals surface area contributed by atoms with Crippen LogP contribution < -0.4 is 10.1 Å². The molecule has 0 radical (unpaired) electrons. The maximum atomic E-state index is 15.5. The third kappa shape index (κ3) is 3.02. The molecule has 172 valence electrons. The van der Waals surface area contributed by atoms with Gasteiger partial charge in [-0.1, -0.05) is 0 Å². The molecule has 0 bridgehead atoms. The Labute approximate surface area is 188 Å². The van der Waals surface area contributed by atoms with Crippen molar-refractivity contribution in [2.24, 2.45) is 0 Å². The van der Waals surface area contributed by atoms with Crippen LogP contribution in [0.15, 0.2) is 30.5 Å². The van der Waals surface area contributed by atoms with Crippen LogP contribution in [0.3, 0.4) is 0 Å². The zero-order chi connectivity index (χ0) is 23.9. The highest BCUT2D eigenvalue weighted by molar-refractivity contribution is 7.89. The summed E-state index contributed by atoms with van der Waals surface area (Å²) in [7, 11) is -2.24. The summed E-state index contributed by atoms with van der Waals surface area (Å²) in [4.78, 5) is 0. The number of hydrogen-bond acceptors (Lipinski definition) is 6. The van der Waals surface area contributed by atoms with E-state index in [1.807, 2.05) is 13.8 Å². The second-order valence-electron chi connectivity index (χ2n) is 8.58. The summed E-state index contributed by atoms with van der Waals surface area (Å²) in [6, 6.07) is 5.18. The molecule has 0 fully saturated rings. The maximum absolute atomic E-state index is 15.5. The molecule has 0 aliphatic carbocycles. The lowest BCUT2D eigenvalue weighted by Gasteiger charge is -2.35. The van der Waals surface area contributed by atoms with Gasteiger partial charge in [-0.15, -0.1) is 10.2 Å². The van der Waals surface area contributed by atoms with Crippen LogP contribution in [0.1, 0.15) is 25.5 Å². The van der Waals surface area contributed by atoms with E-state index >= 15 is 4.39 Å². The molecule has 0 saturated heterocycles. The van der Waals surface area contributed by atoms with Crippen molar-refractivity contribution in [2.75, 3.05) is 18.7 Å². The number of methoxy groups -OCH3 is 1. The minimum absolute atomic E-state index is 0.146. The highest BCUT2D eigenvalue weighted by Gasteiger charge is 2.38. The Kier molecular flexibility index (Phi) is 4.38. The predicted octanol–water partition coefficient (Wildman–Crippen LogP) is 3.95. The summed E-state index contributed by atoms with van der Waals surface area (Å²) in [6.45, 7) is 5.47. The van der Waals surface area contributed by atoms with Crippen molar-refractivity contribution in [3.8, 4) is 22.6 Å². The van der Waals surface area contributed by atoms with Gasteiger partial charge in [-0.05, 0) is 50.6 Å². The third-order valence-electron chi connectivity index (χ3n) is 5.84. The highest BCUT2D eigenvalue weighted by Crippen LogP contribution is 2.48. The van der Waals surface area contributed by atoms with Crippen LogP contribution in [-0.4, -0.2) is 40.5 Å². The number of rotatable bonds is 3. The van der Waals surface area contributed by atoms with Crippen LogP contribution in [0.25, 0.3) is 27.7 Å². The molecule has 2 aromatic heterocycles. The van der Waals surface area contributed by atoms with Crippen molar-refractivity contribution in [3.63, 3.8) is 0 Å². The normalized spacial score (nSPS) is 14.6. The quantitative estimate of drug-likeness (QED) is 0.485. The fraction of sp³-hybridized carbons (Fsp3) is 0.273. The molecule has 33 heavy (non-hydrogen) atoms. The SMILES string of the molecule is COc1c(-c2cc(F)cc3c2ccn3S(C)(=O)=O)cc(F)c2c1-n1c(C)nnc1C(C)(C)N2. The van der Waals surface area contributed by atoms with E-state index in [-0.39, 0.29) is 22.5 Å². The lowest BCUT2D eigenvalue weighted by atomic mass is 9.95. The topological polar surface area (TPSA) is 91.0 Å². The molecule has 8 nitrogen and oxygen atoms in total. The van der Waals surface area contributed by atoms with Crippen LogP contribution in [0.2, 0.25) is 0 Å². The monoisotopic (exact) mass is 473 g/mol. The van der Waals surface area contributed by atoms with Gasteiger partial charge in [0.05, 0.1) is 30.1 Å². The number of halogens is 2. The average Bonchev–Trinajstić information content (AvgIpc) is 3.32. The predicted molar refractivity (Wildman–Crippen MR) is 120 cm³/mol. The van der Waals surface area contributed by atoms with E-state index in [0.717, 1.165) is 16.3 Å². The molecule has 0 spiro atoms. The lowest BCUT2D eigenvalue weighted by Crippen LogP contribution is -2.36. The molecular weight excluding hydrogens is 452 g/mol. The Morgan fingerprint density at radius 3 is 2.52 bits per heavy atom. The molecule has 0 saturated carbocycles. The number of hydrogen-bond donors (Lipinski definition) is 1. The van der Waals surface area contributed by atoms with Gasteiger partial charge in [0.2, 0.25) is 10.0 Å². The van der Waals surface area contributed by atoms with Gasteiger partial charge in [-0.3, -0.25) is 4.57 Å². The average molecular weight is 474 g/mol. The van der Waals surface area contributed by atoms with E-state index in [1.54, 1.807) is 17.6 Å². The van der Waals surface area contributed by atoms with E-state index in [9.17, 15) is 12.8 Å². The van der Waals surface area contributed by atoms with Gasteiger partial charge in [-0.2, -0.15) is 0 Å². The van der Waals surface area contributed by atoms with Gasteiger partial charge in [-0.25, -0.2) is 21.2 Å². The fourth-order valence-electron chi connectivity index (χ4n) is 4.46. The Morgan fingerprint density at radius 1 is 1.12 bits per heavy atom.